The molecule has 28 heavy (non-hydrogen) atoms. The molecule has 0 unspecified atom stereocenters. The maximum atomic E-state index is 14.1. The Labute approximate surface area is 169 Å². The molecule has 1 nitrogen and oxygen atoms in total. The fraction of sp³-hybridized carbons (Fsp3) is 0.680. The van der Waals surface area contributed by atoms with Gasteiger partial charge in [0, 0.05) is 5.92 Å². The van der Waals surface area contributed by atoms with Crippen LogP contribution in [0.2, 0.25) is 0 Å². The van der Waals surface area contributed by atoms with Gasteiger partial charge in [-0.1, -0.05) is 50.9 Å². The molecular weight excluding hydrogens is 354 g/mol. The van der Waals surface area contributed by atoms with E-state index < -0.39 is 11.6 Å². The number of hydrogen-bond donors (Lipinski definition) is 0. The summed E-state index contributed by atoms with van der Waals surface area (Å²) in [5.41, 5.74) is 0.130. The lowest BCUT2D eigenvalue weighted by Gasteiger charge is -2.37. The van der Waals surface area contributed by atoms with Crippen molar-refractivity contribution >= 4 is 0 Å². The zero-order chi connectivity index (χ0) is 19.9. The Morgan fingerprint density at radius 3 is 2.18 bits per heavy atom. The molecule has 0 aromatic heterocycles. The molecule has 2 saturated carbocycles. The lowest BCUT2D eigenvalue weighted by atomic mass is 9.69. The Hall–Kier alpha value is -1.56. The molecule has 0 radical (unpaired) electrons. The molecule has 2 aliphatic rings. The van der Waals surface area contributed by atoms with Crippen LogP contribution in [0.15, 0.2) is 12.1 Å². The summed E-state index contributed by atoms with van der Waals surface area (Å²) in [7, 11) is 1.33. The van der Waals surface area contributed by atoms with Crippen LogP contribution in [0, 0.1) is 47.1 Å². The van der Waals surface area contributed by atoms with Crippen LogP contribution >= 0.6 is 0 Å². The van der Waals surface area contributed by atoms with Gasteiger partial charge in [-0.05, 0) is 68.4 Å². The van der Waals surface area contributed by atoms with Gasteiger partial charge in [-0.15, -0.1) is 0 Å². The highest BCUT2D eigenvalue weighted by molar-refractivity contribution is 5.41. The van der Waals surface area contributed by atoms with E-state index in [2.05, 4.69) is 18.8 Å². The number of unbranched alkanes of at least 4 members (excludes halogenated alkanes) is 1. The molecule has 0 N–H and O–H groups in total. The van der Waals surface area contributed by atoms with Crippen LogP contribution in [0.5, 0.6) is 5.75 Å². The number of ether oxygens (including phenoxy) is 1. The summed E-state index contributed by atoms with van der Waals surface area (Å²) in [5.74, 6) is 7.17. The van der Waals surface area contributed by atoms with E-state index in [0.29, 0.717) is 5.92 Å². The van der Waals surface area contributed by atoms with Crippen molar-refractivity contribution in [3.05, 3.63) is 29.3 Å². The summed E-state index contributed by atoms with van der Waals surface area (Å²) < 4.78 is 32.7. The van der Waals surface area contributed by atoms with Gasteiger partial charge in [0.1, 0.15) is 0 Å². The summed E-state index contributed by atoms with van der Waals surface area (Å²) >= 11 is 0. The predicted octanol–water partition coefficient (Wildman–Crippen LogP) is 7.13. The fourth-order valence-electron chi connectivity index (χ4n) is 5.14. The van der Waals surface area contributed by atoms with Crippen LogP contribution < -0.4 is 4.74 Å². The van der Waals surface area contributed by atoms with E-state index in [1.54, 1.807) is 0 Å². The van der Waals surface area contributed by atoms with Crippen molar-refractivity contribution < 1.29 is 13.5 Å². The fourth-order valence-corrected chi connectivity index (χ4v) is 5.14. The Morgan fingerprint density at radius 2 is 1.57 bits per heavy atom. The van der Waals surface area contributed by atoms with E-state index in [1.165, 1.54) is 77.0 Å². The van der Waals surface area contributed by atoms with Gasteiger partial charge in [-0.2, -0.15) is 4.39 Å². The first-order chi connectivity index (χ1) is 13.6. The van der Waals surface area contributed by atoms with Gasteiger partial charge in [0.2, 0.25) is 5.82 Å². The molecule has 1 aromatic rings. The van der Waals surface area contributed by atoms with Crippen molar-refractivity contribution in [3.8, 4) is 17.6 Å². The Balaban J connectivity index is 1.48. The molecule has 2 fully saturated rings. The molecular formula is C25H34F2O. The molecule has 2 aliphatic carbocycles. The van der Waals surface area contributed by atoms with Crippen molar-refractivity contribution in [2.24, 2.45) is 23.7 Å². The second-order valence-corrected chi connectivity index (χ2v) is 8.75. The highest BCUT2D eigenvalue weighted by Gasteiger charge is 2.30. The highest BCUT2D eigenvalue weighted by atomic mass is 19.2. The first kappa shape index (κ1) is 21.2. The first-order valence-corrected chi connectivity index (χ1v) is 11.2. The van der Waals surface area contributed by atoms with Crippen molar-refractivity contribution in [3.63, 3.8) is 0 Å². The number of halogens is 2. The first-order valence-electron chi connectivity index (χ1n) is 11.2. The Morgan fingerprint density at radius 1 is 0.929 bits per heavy atom. The third kappa shape index (κ3) is 5.28. The van der Waals surface area contributed by atoms with Gasteiger partial charge in [0.25, 0.3) is 0 Å². The van der Waals surface area contributed by atoms with Gasteiger partial charge in [-0.3, -0.25) is 0 Å². The van der Waals surface area contributed by atoms with Gasteiger partial charge < -0.3 is 4.74 Å². The third-order valence-electron chi connectivity index (χ3n) is 6.97. The van der Waals surface area contributed by atoms with Crippen molar-refractivity contribution in [2.45, 2.75) is 77.6 Å². The quantitative estimate of drug-likeness (QED) is 0.488. The molecule has 0 aliphatic heterocycles. The molecule has 0 spiro atoms. The van der Waals surface area contributed by atoms with E-state index in [-0.39, 0.29) is 11.3 Å². The predicted molar refractivity (Wildman–Crippen MR) is 110 cm³/mol. The average molecular weight is 389 g/mol. The van der Waals surface area contributed by atoms with E-state index in [1.807, 2.05) is 0 Å². The standard InChI is InChI=1S/C25H34F2O/c1-3-4-5-18-6-11-20(12-7-18)21-13-8-19(9-14-21)10-15-22-16-17-23(28-2)25(27)24(22)26/h16-21H,3-9,11-14H2,1-2H3/t18-,19?,20-,21?. The Bertz CT molecular complexity index is 686. The summed E-state index contributed by atoms with van der Waals surface area (Å²) in [4.78, 5) is 0. The molecule has 0 atom stereocenters. The molecule has 3 rings (SSSR count). The van der Waals surface area contributed by atoms with Crippen LogP contribution in [-0.2, 0) is 0 Å². The third-order valence-corrected chi connectivity index (χ3v) is 6.97. The molecule has 3 heteroatoms. The smallest absolute Gasteiger partial charge is 0.201 e. The average Bonchev–Trinajstić information content (AvgIpc) is 2.74. The number of hydrogen-bond acceptors (Lipinski definition) is 1. The molecule has 154 valence electrons. The topological polar surface area (TPSA) is 9.23 Å². The van der Waals surface area contributed by atoms with Gasteiger partial charge >= 0.3 is 0 Å². The van der Waals surface area contributed by atoms with E-state index in [0.717, 1.165) is 30.6 Å². The van der Waals surface area contributed by atoms with E-state index in [4.69, 9.17) is 4.74 Å². The molecule has 0 saturated heterocycles. The lowest BCUT2D eigenvalue weighted by Crippen LogP contribution is -2.25. The monoisotopic (exact) mass is 388 g/mol. The van der Waals surface area contributed by atoms with Crippen LogP contribution in [0.25, 0.3) is 0 Å². The molecule has 0 heterocycles. The maximum absolute atomic E-state index is 14.1. The molecule has 0 amide bonds. The van der Waals surface area contributed by atoms with E-state index in [9.17, 15) is 8.78 Å². The molecule has 0 bridgehead atoms. The highest BCUT2D eigenvalue weighted by Crippen LogP contribution is 2.42. The van der Waals surface area contributed by atoms with E-state index >= 15 is 0 Å². The van der Waals surface area contributed by atoms with Crippen molar-refractivity contribution in [2.75, 3.05) is 7.11 Å². The summed E-state index contributed by atoms with van der Waals surface area (Å²) in [6.45, 7) is 2.28. The minimum atomic E-state index is -0.951. The van der Waals surface area contributed by atoms with Crippen molar-refractivity contribution in [1.29, 1.82) is 0 Å². The van der Waals surface area contributed by atoms with Crippen LogP contribution in [-0.4, -0.2) is 7.11 Å². The van der Waals surface area contributed by atoms with Crippen molar-refractivity contribution in [1.82, 2.24) is 0 Å². The maximum Gasteiger partial charge on any atom is 0.201 e. The van der Waals surface area contributed by atoms with Crippen LogP contribution in [0.3, 0.4) is 0 Å². The summed E-state index contributed by atoms with van der Waals surface area (Å²) in [6, 6.07) is 2.95. The number of methoxy groups -OCH3 is 1. The lowest BCUT2D eigenvalue weighted by molar-refractivity contribution is 0.153. The zero-order valence-corrected chi connectivity index (χ0v) is 17.4. The SMILES string of the molecule is CCCC[C@H]1CC[C@H](C2CCC(C#Cc3ccc(OC)c(F)c3F)CC2)CC1. The minimum absolute atomic E-state index is 0.0760. The summed E-state index contributed by atoms with van der Waals surface area (Å²) in [5, 5.41) is 0. The zero-order valence-electron chi connectivity index (χ0n) is 17.4. The second kappa shape index (κ2) is 10.3. The second-order valence-electron chi connectivity index (χ2n) is 8.75. The minimum Gasteiger partial charge on any atom is -0.494 e. The largest absolute Gasteiger partial charge is 0.494 e. The normalized spacial score (nSPS) is 27.7. The van der Waals surface area contributed by atoms with Crippen LogP contribution in [0.1, 0.15) is 83.1 Å². The molecule has 1 aromatic carbocycles. The van der Waals surface area contributed by atoms with Gasteiger partial charge in [-0.25, -0.2) is 4.39 Å². The number of benzene rings is 1. The Kier molecular flexibility index (Phi) is 7.77. The van der Waals surface area contributed by atoms with Gasteiger partial charge in [0.15, 0.2) is 11.6 Å². The summed E-state index contributed by atoms with van der Waals surface area (Å²) in [6.07, 6.45) is 14.5. The van der Waals surface area contributed by atoms with Gasteiger partial charge in [0.05, 0.1) is 12.7 Å². The number of rotatable bonds is 5. The van der Waals surface area contributed by atoms with Crippen LogP contribution in [0.4, 0.5) is 8.78 Å².